The van der Waals surface area contributed by atoms with E-state index in [2.05, 4.69) is 5.10 Å². The van der Waals surface area contributed by atoms with Gasteiger partial charge in [-0.1, -0.05) is 36.5 Å². The Labute approximate surface area is 191 Å². The van der Waals surface area contributed by atoms with Crippen molar-refractivity contribution in [1.29, 1.82) is 0 Å². The zero-order valence-corrected chi connectivity index (χ0v) is 18.0. The fourth-order valence-corrected chi connectivity index (χ4v) is 4.65. The molecule has 0 fully saturated rings. The van der Waals surface area contributed by atoms with Crippen LogP contribution in [-0.2, 0) is 12.8 Å². The third-order valence-corrected chi connectivity index (χ3v) is 6.20. The molecule has 0 aliphatic heterocycles. The predicted octanol–water partition coefficient (Wildman–Crippen LogP) is 3.58. The molecule has 0 saturated carbocycles. The number of nitro groups is 1. The average molecular weight is 459 g/mol. The van der Waals surface area contributed by atoms with Crippen LogP contribution in [0.2, 0.25) is 0 Å². The number of nitro benzene ring substituents is 1. The largest absolute Gasteiger partial charge is 0.384 e. The summed E-state index contributed by atoms with van der Waals surface area (Å²) in [5.41, 5.74) is 7.62. The van der Waals surface area contributed by atoms with Gasteiger partial charge in [0.15, 0.2) is 0 Å². The van der Waals surface area contributed by atoms with Gasteiger partial charge in [-0.3, -0.25) is 24.3 Å². The van der Waals surface area contributed by atoms with Gasteiger partial charge in [0.05, 0.1) is 21.7 Å². The van der Waals surface area contributed by atoms with E-state index in [1.165, 1.54) is 22.8 Å². The number of aromatic nitrogens is 3. The zero-order chi connectivity index (χ0) is 23.3. The molecule has 164 valence electrons. The van der Waals surface area contributed by atoms with Crippen LogP contribution in [0.3, 0.4) is 0 Å². The minimum Gasteiger partial charge on any atom is -0.384 e. The Morgan fingerprint density at radius 1 is 1.09 bits per heavy atom. The van der Waals surface area contributed by atoms with Crippen molar-refractivity contribution < 1.29 is 9.72 Å². The maximum Gasteiger partial charge on any atom is 0.283 e. The second-order valence-corrected chi connectivity index (χ2v) is 8.11. The van der Waals surface area contributed by atoms with Gasteiger partial charge in [-0.05, 0) is 43.0 Å². The summed E-state index contributed by atoms with van der Waals surface area (Å²) < 4.78 is 2.58. The van der Waals surface area contributed by atoms with Crippen molar-refractivity contribution in [2.45, 2.75) is 19.3 Å². The highest BCUT2D eigenvalue weighted by Crippen LogP contribution is 2.32. The van der Waals surface area contributed by atoms with Gasteiger partial charge in [0, 0.05) is 23.1 Å². The Hall–Kier alpha value is -4.18. The molecule has 0 atom stereocenters. The molecule has 0 radical (unpaired) electrons. The molecule has 2 aromatic heterocycles. The van der Waals surface area contributed by atoms with Crippen LogP contribution < -0.4 is 11.3 Å². The number of nitrogen functional groups attached to an aromatic ring is 1. The quantitative estimate of drug-likeness (QED) is 0.282. The van der Waals surface area contributed by atoms with Crippen LogP contribution in [0.5, 0.6) is 0 Å². The lowest BCUT2D eigenvalue weighted by Crippen LogP contribution is -2.29. The van der Waals surface area contributed by atoms with Gasteiger partial charge in [-0.25, -0.2) is 0 Å². The highest BCUT2D eigenvalue weighted by Gasteiger charge is 2.26. The second kappa shape index (κ2) is 7.75. The minimum absolute atomic E-state index is 0.0673. The highest BCUT2D eigenvalue weighted by atomic mass is 32.1. The van der Waals surface area contributed by atoms with Crippen molar-refractivity contribution in [2.75, 3.05) is 5.73 Å². The molecule has 0 unspecified atom stereocenters. The van der Waals surface area contributed by atoms with Crippen LogP contribution in [-0.4, -0.2) is 25.2 Å². The summed E-state index contributed by atoms with van der Waals surface area (Å²) in [5, 5.41) is 16.4. The maximum atomic E-state index is 13.6. The van der Waals surface area contributed by atoms with Gasteiger partial charge >= 0.3 is 0 Å². The monoisotopic (exact) mass is 459 g/mol. The van der Waals surface area contributed by atoms with Crippen molar-refractivity contribution in [3.8, 4) is 5.69 Å². The molecular weight excluding hydrogens is 442 g/mol. The van der Waals surface area contributed by atoms with Crippen molar-refractivity contribution in [2.24, 2.45) is 0 Å². The lowest BCUT2D eigenvalue weighted by atomic mass is 9.94. The first kappa shape index (κ1) is 20.7. The number of nitrogens with two attached hydrogens (primary N) is 1. The normalized spacial score (nSPS) is 12.6. The molecular formula is C23H17N5O4S. The highest BCUT2D eigenvalue weighted by molar-refractivity contribution is 7.71. The number of hydrogen-bond donors (Lipinski definition) is 1. The number of non-ortho nitro benzene ring substituents is 1. The van der Waals surface area contributed by atoms with Crippen LogP contribution in [0.15, 0.2) is 59.4 Å². The van der Waals surface area contributed by atoms with Gasteiger partial charge in [0.2, 0.25) is 0 Å². The third-order valence-electron chi connectivity index (χ3n) is 5.77. The van der Waals surface area contributed by atoms with E-state index in [1.54, 1.807) is 36.4 Å². The van der Waals surface area contributed by atoms with E-state index >= 15 is 0 Å². The number of anilines is 1. The van der Waals surface area contributed by atoms with Crippen LogP contribution in [0, 0.1) is 14.8 Å². The third kappa shape index (κ3) is 3.23. The van der Waals surface area contributed by atoms with Crippen molar-refractivity contribution in [1.82, 2.24) is 14.3 Å². The predicted molar refractivity (Wildman–Crippen MR) is 125 cm³/mol. The molecule has 0 saturated heterocycles. The number of nitrogens with zero attached hydrogens (tertiary/aromatic N) is 4. The van der Waals surface area contributed by atoms with Gasteiger partial charge in [0.25, 0.3) is 17.2 Å². The van der Waals surface area contributed by atoms with Crippen LogP contribution in [0.25, 0.3) is 16.5 Å². The molecule has 4 aromatic rings. The number of hydrogen-bond acceptors (Lipinski definition) is 7. The molecule has 0 spiro atoms. The Kier molecular flexibility index (Phi) is 4.86. The summed E-state index contributed by atoms with van der Waals surface area (Å²) in [6.07, 6.45) is 1.91. The zero-order valence-electron chi connectivity index (χ0n) is 17.2. The van der Waals surface area contributed by atoms with Gasteiger partial charge in [-0.15, -0.1) is 0 Å². The maximum absolute atomic E-state index is 13.6. The number of rotatable bonds is 3. The standard InChI is InChI=1S/C23H17N5O4S/c24-20-19-18-16(23(33)26(20)21(29)13-6-2-1-3-7-13)10-5-11-17(18)25-27(22(19)30)14-8-4-9-15(12-14)28(31)32/h1-4,6-9,12H,5,10-11,24H2. The second-order valence-electron chi connectivity index (χ2n) is 7.72. The molecule has 1 aliphatic carbocycles. The molecule has 10 heteroatoms. The first-order valence-corrected chi connectivity index (χ1v) is 10.6. The molecule has 0 amide bonds. The van der Waals surface area contributed by atoms with E-state index in [0.717, 1.165) is 11.1 Å². The first-order chi connectivity index (χ1) is 15.9. The summed E-state index contributed by atoms with van der Waals surface area (Å²) in [6, 6.07) is 14.2. The van der Waals surface area contributed by atoms with E-state index in [9.17, 15) is 19.7 Å². The number of pyridine rings is 1. The fraction of sp³-hybridized carbons (Fsp3) is 0.130. The van der Waals surface area contributed by atoms with Crippen molar-refractivity contribution in [3.05, 3.63) is 96.5 Å². The van der Waals surface area contributed by atoms with E-state index in [0.29, 0.717) is 35.0 Å². The number of benzene rings is 2. The molecule has 2 aromatic carbocycles. The van der Waals surface area contributed by atoms with E-state index in [-0.39, 0.29) is 27.2 Å². The number of aryl methyl sites for hydroxylation is 2. The van der Waals surface area contributed by atoms with Crippen LogP contribution >= 0.6 is 12.2 Å². The Morgan fingerprint density at radius 2 is 1.85 bits per heavy atom. The summed E-state index contributed by atoms with van der Waals surface area (Å²) in [6.45, 7) is 0. The molecule has 33 heavy (non-hydrogen) atoms. The number of carbonyl (C=O) groups excluding carboxylic acids is 1. The summed E-state index contributed by atoms with van der Waals surface area (Å²) in [4.78, 5) is 37.6. The Morgan fingerprint density at radius 3 is 2.58 bits per heavy atom. The summed E-state index contributed by atoms with van der Waals surface area (Å²) in [5.74, 6) is -0.496. The minimum atomic E-state index is -0.570. The van der Waals surface area contributed by atoms with E-state index in [1.807, 2.05) is 0 Å². The van der Waals surface area contributed by atoms with E-state index < -0.39 is 16.4 Å². The first-order valence-electron chi connectivity index (χ1n) is 10.2. The number of carbonyl (C=O) groups is 1. The average Bonchev–Trinajstić information content (AvgIpc) is 2.83. The molecule has 5 rings (SSSR count). The van der Waals surface area contributed by atoms with Crippen LogP contribution in [0.4, 0.5) is 11.5 Å². The molecule has 1 aliphatic rings. The SMILES string of the molecule is Nc1c2c(=O)n(-c3cccc([N+](=O)[O-])c3)nc3c2c(c(=S)n1C(=O)c1ccccc1)CCC3. The smallest absolute Gasteiger partial charge is 0.283 e. The molecule has 0 bridgehead atoms. The Balaban J connectivity index is 1.86. The lowest BCUT2D eigenvalue weighted by Gasteiger charge is -2.22. The van der Waals surface area contributed by atoms with Crippen LogP contribution in [0.1, 0.15) is 28.0 Å². The molecule has 9 nitrogen and oxygen atoms in total. The Bertz CT molecular complexity index is 1590. The summed E-state index contributed by atoms with van der Waals surface area (Å²) in [7, 11) is 0. The van der Waals surface area contributed by atoms with Gasteiger partial charge in [-0.2, -0.15) is 9.78 Å². The fourth-order valence-electron chi connectivity index (χ4n) is 4.26. The summed E-state index contributed by atoms with van der Waals surface area (Å²) >= 11 is 5.64. The van der Waals surface area contributed by atoms with Crippen molar-refractivity contribution >= 4 is 40.4 Å². The lowest BCUT2D eigenvalue weighted by molar-refractivity contribution is -0.384. The molecule has 2 heterocycles. The van der Waals surface area contributed by atoms with Gasteiger partial charge < -0.3 is 5.73 Å². The topological polar surface area (TPSA) is 126 Å². The van der Waals surface area contributed by atoms with Crippen molar-refractivity contribution in [3.63, 3.8) is 0 Å². The molecule has 2 N–H and O–H groups in total. The van der Waals surface area contributed by atoms with E-state index in [4.69, 9.17) is 18.0 Å². The van der Waals surface area contributed by atoms with Gasteiger partial charge in [0.1, 0.15) is 10.5 Å².